The average molecular weight is 398 g/mol. The fourth-order valence-electron chi connectivity index (χ4n) is 3.19. The number of fused-ring (bicyclic) bond motifs is 2. The van der Waals surface area contributed by atoms with Gasteiger partial charge in [-0.25, -0.2) is 4.98 Å². The van der Waals surface area contributed by atoms with Crippen LogP contribution in [0.25, 0.3) is 11.1 Å². The maximum Gasteiger partial charge on any atom is 0.257 e. The van der Waals surface area contributed by atoms with Gasteiger partial charge in [0, 0.05) is 24.1 Å². The van der Waals surface area contributed by atoms with Gasteiger partial charge in [-0.1, -0.05) is 23.9 Å². The molecule has 2 aromatic carbocycles. The van der Waals surface area contributed by atoms with Crippen LogP contribution >= 0.6 is 11.8 Å². The number of amides is 1. The number of carbonyl (C=O) groups is 1. The number of nitrogens with zero attached hydrogens (tertiary/aromatic N) is 1. The van der Waals surface area contributed by atoms with E-state index in [-0.39, 0.29) is 17.8 Å². The van der Waals surface area contributed by atoms with Crippen LogP contribution in [0.2, 0.25) is 0 Å². The van der Waals surface area contributed by atoms with Crippen molar-refractivity contribution in [1.29, 1.82) is 0 Å². The van der Waals surface area contributed by atoms with Gasteiger partial charge in [0.2, 0.25) is 5.91 Å². The van der Waals surface area contributed by atoms with Gasteiger partial charge in [0.05, 0.1) is 12.4 Å². The summed E-state index contributed by atoms with van der Waals surface area (Å²) in [4.78, 5) is 16.7. The molecule has 0 saturated heterocycles. The van der Waals surface area contributed by atoms with Crippen molar-refractivity contribution < 1.29 is 18.7 Å². The Morgan fingerprint density at radius 3 is 3.04 bits per heavy atom. The molecule has 4 rings (SSSR count). The molecule has 0 aliphatic carbocycles. The van der Waals surface area contributed by atoms with E-state index in [0.29, 0.717) is 18.4 Å². The monoisotopic (exact) mass is 398 g/mol. The van der Waals surface area contributed by atoms with Gasteiger partial charge in [-0.3, -0.25) is 4.79 Å². The van der Waals surface area contributed by atoms with Crippen LogP contribution in [-0.4, -0.2) is 29.4 Å². The fraction of sp³-hybridized carbons (Fsp3) is 0.333. The second kappa shape index (κ2) is 8.14. The number of carbonyl (C=O) groups excluding carboxylic acids is 1. The highest BCUT2D eigenvalue weighted by atomic mass is 32.2. The molecular formula is C21H22N2O4S. The number of hydrogen-bond acceptors (Lipinski definition) is 6. The zero-order valence-corrected chi connectivity index (χ0v) is 16.7. The third-order valence-corrected chi connectivity index (χ3v) is 5.28. The Kier molecular flexibility index (Phi) is 5.43. The first kappa shape index (κ1) is 18.7. The number of nitrogens with one attached hydrogen (secondary N) is 1. The van der Waals surface area contributed by atoms with Crippen LogP contribution in [0.15, 0.2) is 46.0 Å². The second-order valence-electron chi connectivity index (χ2n) is 6.65. The number of hydrogen-bond donors (Lipinski definition) is 1. The first-order valence-corrected chi connectivity index (χ1v) is 10.3. The largest absolute Gasteiger partial charge is 0.494 e. The summed E-state index contributed by atoms with van der Waals surface area (Å²) in [5.41, 5.74) is 3.57. The van der Waals surface area contributed by atoms with E-state index in [1.54, 1.807) is 0 Å². The summed E-state index contributed by atoms with van der Waals surface area (Å²) in [6, 6.07) is 11.5. The van der Waals surface area contributed by atoms with Crippen LogP contribution in [-0.2, 0) is 17.8 Å². The topological polar surface area (TPSA) is 73.6 Å². The minimum absolute atomic E-state index is 0.0931. The Morgan fingerprint density at radius 1 is 1.36 bits per heavy atom. The Labute approximate surface area is 167 Å². The smallest absolute Gasteiger partial charge is 0.257 e. The van der Waals surface area contributed by atoms with Crippen LogP contribution in [0.4, 0.5) is 0 Å². The highest BCUT2D eigenvalue weighted by Gasteiger charge is 2.22. The normalized spacial score (nSPS) is 15.3. The standard InChI is InChI=1S/C21H22N2O4S/c1-3-25-18-9-14-8-13(2)26-19(14)10-15(18)11-22-20(24)12-28-21-23-16-6-4-5-7-17(16)27-21/h4-7,9-10,13H,3,8,11-12H2,1-2H3,(H,22,24)/t13-/m1/s1. The van der Waals surface area contributed by atoms with Crippen molar-refractivity contribution in [2.24, 2.45) is 0 Å². The molecule has 0 unspecified atom stereocenters. The maximum atomic E-state index is 12.3. The molecule has 0 saturated carbocycles. The quantitative estimate of drug-likeness (QED) is 0.608. The molecule has 0 radical (unpaired) electrons. The highest BCUT2D eigenvalue weighted by Crippen LogP contribution is 2.35. The summed E-state index contributed by atoms with van der Waals surface area (Å²) in [5, 5.41) is 3.43. The van der Waals surface area contributed by atoms with Gasteiger partial charge in [-0.05, 0) is 38.1 Å². The van der Waals surface area contributed by atoms with Crippen LogP contribution in [0, 0.1) is 0 Å². The van der Waals surface area contributed by atoms with Crippen molar-refractivity contribution in [2.75, 3.05) is 12.4 Å². The lowest BCUT2D eigenvalue weighted by Crippen LogP contribution is -2.25. The van der Waals surface area contributed by atoms with Gasteiger partial charge in [0.15, 0.2) is 5.58 Å². The van der Waals surface area contributed by atoms with Gasteiger partial charge in [-0.2, -0.15) is 0 Å². The molecule has 1 aromatic heterocycles. The van der Waals surface area contributed by atoms with E-state index in [9.17, 15) is 4.79 Å². The molecule has 2 heterocycles. The van der Waals surface area contributed by atoms with Crippen molar-refractivity contribution in [1.82, 2.24) is 10.3 Å². The summed E-state index contributed by atoms with van der Waals surface area (Å²) in [6.07, 6.45) is 1.05. The van der Waals surface area contributed by atoms with Crippen molar-refractivity contribution >= 4 is 28.8 Å². The van der Waals surface area contributed by atoms with Gasteiger partial charge in [-0.15, -0.1) is 0 Å². The SMILES string of the molecule is CCOc1cc2c(cc1CNC(=O)CSc1nc3ccccc3o1)O[C@H](C)C2. The van der Waals surface area contributed by atoms with Gasteiger partial charge in [0.25, 0.3) is 5.22 Å². The Bertz CT molecular complexity index is 968. The van der Waals surface area contributed by atoms with Gasteiger partial charge >= 0.3 is 0 Å². The third kappa shape index (κ3) is 4.09. The Balaban J connectivity index is 1.37. The minimum atomic E-state index is -0.0931. The van der Waals surface area contributed by atoms with E-state index < -0.39 is 0 Å². The fourth-order valence-corrected chi connectivity index (χ4v) is 3.86. The Hall–Kier alpha value is -2.67. The summed E-state index contributed by atoms with van der Waals surface area (Å²) in [5.74, 6) is 1.81. The lowest BCUT2D eigenvalue weighted by Gasteiger charge is -2.13. The molecule has 1 amide bonds. The first-order chi connectivity index (χ1) is 13.6. The molecular weight excluding hydrogens is 376 g/mol. The summed E-state index contributed by atoms with van der Waals surface area (Å²) >= 11 is 1.28. The molecule has 0 fully saturated rings. The van der Waals surface area contributed by atoms with E-state index in [1.165, 1.54) is 11.8 Å². The van der Waals surface area contributed by atoms with Crippen molar-refractivity contribution in [3.05, 3.63) is 47.5 Å². The number of ether oxygens (including phenoxy) is 2. The minimum Gasteiger partial charge on any atom is -0.494 e. The third-order valence-electron chi connectivity index (χ3n) is 4.46. The van der Waals surface area contributed by atoms with Crippen LogP contribution in [0.5, 0.6) is 11.5 Å². The number of rotatable bonds is 7. The predicted octanol–water partition coefficient (Wildman–Crippen LogP) is 3.96. The number of para-hydroxylation sites is 2. The van der Waals surface area contributed by atoms with Crippen molar-refractivity contribution in [3.8, 4) is 11.5 Å². The lowest BCUT2D eigenvalue weighted by molar-refractivity contribution is -0.118. The van der Waals surface area contributed by atoms with E-state index in [1.807, 2.05) is 50.2 Å². The predicted molar refractivity (Wildman–Crippen MR) is 108 cm³/mol. The summed E-state index contributed by atoms with van der Waals surface area (Å²) in [7, 11) is 0. The van der Waals surface area contributed by atoms with Crippen molar-refractivity contribution in [3.63, 3.8) is 0 Å². The van der Waals surface area contributed by atoms with Crippen LogP contribution in [0.3, 0.4) is 0 Å². The zero-order chi connectivity index (χ0) is 19.5. The first-order valence-electron chi connectivity index (χ1n) is 9.32. The zero-order valence-electron chi connectivity index (χ0n) is 15.9. The molecule has 6 nitrogen and oxygen atoms in total. The Morgan fingerprint density at radius 2 is 2.21 bits per heavy atom. The van der Waals surface area contributed by atoms with Crippen molar-refractivity contribution in [2.45, 2.75) is 38.1 Å². The maximum absolute atomic E-state index is 12.3. The van der Waals surface area contributed by atoms with Gasteiger partial charge in [0.1, 0.15) is 23.1 Å². The molecule has 146 valence electrons. The van der Waals surface area contributed by atoms with E-state index in [0.717, 1.165) is 40.1 Å². The number of benzene rings is 2. The molecule has 1 atom stereocenters. The van der Waals surface area contributed by atoms with E-state index >= 15 is 0 Å². The highest BCUT2D eigenvalue weighted by molar-refractivity contribution is 7.99. The molecule has 0 bridgehead atoms. The molecule has 1 N–H and O–H groups in total. The second-order valence-corrected chi connectivity index (χ2v) is 7.57. The number of aromatic nitrogens is 1. The van der Waals surface area contributed by atoms with E-state index in [4.69, 9.17) is 13.9 Å². The van der Waals surface area contributed by atoms with E-state index in [2.05, 4.69) is 10.3 Å². The number of thioether (sulfide) groups is 1. The molecule has 0 spiro atoms. The van der Waals surface area contributed by atoms with Crippen LogP contribution < -0.4 is 14.8 Å². The molecule has 1 aliphatic heterocycles. The lowest BCUT2D eigenvalue weighted by atomic mass is 10.1. The molecule has 1 aliphatic rings. The molecule has 7 heteroatoms. The molecule has 28 heavy (non-hydrogen) atoms. The molecule has 3 aromatic rings. The van der Waals surface area contributed by atoms with Gasteiger partial charge < -0.3 is 19.2 Å². The number of oxazole rings is 1. The average Bonchev–Trinajstić information content (AvgIpc) is 3.26. The summed E-state index contributed by atoms with van der Waals surface area (Å²) < 4.78 is 17.2. The van der Waals surface area contributed by atoms with Crippen LogP contribution in [0.1, 0.15) is 25.0 Å². The summed E-state index contributed by atoms with van der Waals surface area (Å²) in [6.45, 7) is 4.95.